The van der Waals surface area contributed by atoms with E-state index < -0.39 is 36.6 Å². The minimum absolute atomic E-state index is 0.0168. The number of primary amides is 1. The summed E-state index contributed by atoms with van der Waals surface area (Å²) >= 11 is 5.82. The number of nitrogens with zero attached hydrogens (tertiary/aromatic N) is 5. The van der Waals surface area contributed by atoms with Crippen LogP contribution in [0, 0.1) is 16.6 Å². The fraction of sp³-hybridized carbons (Fsp3) is 0.387. The quantitative estimate of drug-likeness (QED) is 0.243. The molecule has 2 bridgehead atoms. The van der Waals surface area contributed by atoms with E-state index in [1.54, 1.807) is 22.9 Å². The van der Waals surface area contributed by atoms with Gasteiger partial charge in [-0.15, -0.1) is 0 Å². The Balaban J connectivity index is 1.32. The predicted molar refractivity (Wildman–Crippen MR) is 158 cm³/mol. The SMILES string of the molecule is NC(=O)c1c(CCC(F)(F)F)nc2c(cnn2CC23CC(CO)(C2)C3)c1-c1ccc2c(c1)OCC(=O)N2Cc1ncc(Cl)cc1F. The smallest absolute Gasteiger partial charge is 0.389 e. The average Bonchev–Trinajstić information content (AvgIpc) is 3.36. The number of pyridine rings is 2. The van der Waals surface area contributed by atoms with Crippen molar-refractivity contribution < 1.29 is 37.0 Å². The number of aromatic nitrogens is 4. The first-order valence-electron chi connectivity index (χ1n) is 14.5. The van der Waals surface area contributed by atoms with Crippen molar-refractivity contribution in [1.29, 1.82) is 0 Å². The summed E-state index contributed by atoms with van der Waals surface area (Å²) < 4.78 is 62.0. The zero-order chi connectivity index (χ0) is 32.6. The van der Waals surface area contributed by atoms with Gasteiger partial charge in [-0.1, -0.05) is 17.7 Å². The molecule has 4 heterocycles. The zero-order valence-corrected chi connectivity index (χ0v) is 25.0. The Labute approximate surface area is 264 Å². The number of halogens is 5. The van der Waals surface area contributed by atoms with Crippen molar-refractivity contribution in [3.05, 3.63) is 64.5 Å². The highest BCUT2D eigenvalue weighted by Gasteiger charge is 2.67. The van der Waals surface area contributed by atoms with E-state index in [-0.39, 0.29) is 63.9 Å². The maximum Gasteiger partial charge on any atom is 0.389 e. The van der Waals surface area contributed by atoms with Crippen LogP contribution in [0.3, 0.4) is 0 Å². The van der Waals surface area contributed by atoms with Crippen LogP contribution in [0.4, 0.5) is 23.2 Å². The first kappa shape index (κ1) is 30.4. The number of aliphatic hydroxyl groups excluding tert-OH is 1. The lowest BCUT2D eigenvalue weighted by Crippen LogP contribution is -2.64. The molecule has 3 aliphatic carbocycles. The van der Waals surface area contributed by atoms with Crippen molar-refractivity contribution in [3.63, 3.8) is 0 Å². The van der Waals surface area contributed by atoms with Gasteiger partial charge in [-0.2, -0.15) is 18.3 Å². The van der Waals surface area contributed by atoms with Gasteiger partial charge in [0, 0.05) is 36.7 Å². The molecule has 46 heavy (non-hydrogen) atoms. The highest BCUT2D eigenvalue weighted by atomic mass is 35.5. The second kappa shape index (κ2) is 10.6. The fourth-order valence-corrected chi connectivity index (χ4v) is 7.53. The van der Waals surface area contributed by atoms with E-state index in [2.05, 4.69) is 15.1 Å². The summed E-state index contributed by atoms with van der Waals surface area (Å²) in [4.78, 5) is 35.6. The molecule has 4 aromatic rings. The number of carbonyl (C=O) groups is 2. The molecule has 0 saturated heterocycles. The molecule has 3 fully saturated rings. The zero-order valence-electron chi connectivity index (χ0n) is 24.2. The van der Waals surface area contributed by atoms with E-state index in [4.69, 9.17) is 22.1 Å². The van der Waals surface area contributed by atoms with E-state index in [0.29, 0.717) is 28.8 Å². The molecule has 8 rings (SSSR count). The number of fused-ring (bicyclic) bond motifs is 2. The van der Waals surface area contributed by atoms with E-state index in [1.165, 1.54) is 17.3 Å². The topological polar surface area (TPSA) is 136 Å². The third-order valence-corrected chi connectivity index (χ3v) is 9.41. The molecular formula is C31H27ClF4N6O4. The number of hydrogen-bond donors (Lipinski definition) is 2. The van der Waals surface area contributed by atoms with Crippen molar-refractivity contribution in [2.45, 2.75) is 51.4 Å². The van der Waals surface area contributed by atoms with Crippen molar-refractivity contribution >= 4 is 40.1 Å². The molecule has 0 atom stereocenters. The minimum Gasteiger partial charge on any atom is -0.482 e. The Morgan fingerprint density at radius 1 is 1.13 bits per heavy atom. The average molecular weight is 659 g/mol. The van der Waals surface area contributed by atoms with Gasteiger partial charge in [0.15, 0.2) is 12.3 Å². The molecule has 3 N–H and O–H groups in total. The third-order valence-electron chi connectivity index (χ3n) is 9.21. The molecule has 1 aromatic carbocycles. The number of amides is 2. The van der Waals surface area contributed by atoms with Crippen LogP contribution in [-0.4, -0.2) is 56.1 Å². The third kappa shape index (κ3) is 5.13. The molecule has 2 amide bonds. The van der Waals surface area contributed by atoms with Crippen LogP contribution in [0.5, 0.6) is 5.75 Å². The highest BCUT2D eigenvalue weighted by Crippen LogP contribution is 2.73. The summed E-state index contributed by atoms with van der Waals surface area (Å²) in [6.07, 6.45) is -1.09. The number of alkyl halides is 3. The first-order chi connectivity index (χ1) is 21.8. The number of rotatable bonds is 9. The van der Waals surface area contributed by atoms with Crippen molar-refractivity contribution in [1.82, 2.24) is 19.7 Å². The highest BCUT2D eigenvalue weighted by molar-refractivity contribution is 6.30. The Hall–Kier alpha value is -4.30. The van der Waals surface area contributed by atoms with E-state index >= 15 is 0 Å². The number of ether oxygens (including phenoxy) is 1. The molecule has 4 aliphatic rings. The summed E-state index contributed by atoms with van der Waals surface area (Å²) in [7, 11) is 0. The summed E-state index contributed by atoms with van der Waals surface area (Å²) in [6, 6.07) is 5.77. The molecule has 1 aliphatic heterocycles. The maximum atomic E-state index is 14.6. The lowest BCUT2D eigenvalue weighted by Gasteiger charge is -2.70. The monoisotopic (exact) mass is 658 g/mol. The normalized spacial score (nSPS) is 21.9. The molecule has 15 heteroatoms. The molecule has 3 saturated carbocycles. The minimum atomic E-state index is -4.51. The molecule has 0 unspecified atom stereocenters. The van der Waals surface area contributed by atoms with E-state index in [1.807, 2.05) is 0 Å². The standard InChI is InChI=1S/C31H27ClF4N6O4/c32-17-6-19(33)21(38-7-17)9-41-22-2-1-16(5-23(22)46-10-24(41)44)25-18-8-39-42(14-29-11-30(12-29,13-29)15-43)28(18)40-20(26(25)27(37)45)3-4-31(34,35)36/h1-2,5-8,43H,3-4,9-15H2,(H2,37,45). The number of benzene rings is 1. The van der Waals surface area contributed by atoms with Crippen LogP contribution < -0.4 is 15.4 Å². The van der Waals surface area contributed by atoms with Gasteiger partial charge in [0.2, 0.25) is 0 Å². The van der Waals surface area contributed by atoms with Crippen molar-refractivity contribution in [2.24, 2.45) is 16.6 Å². The van der Waals surface area contributed by atoms with Crippen LogP contribution >= 0.6 is 11.6 Å². The summed E-state index contributed by atoms with van der Waals surface area (Å²) in [5.41, 5.74) is 6.59. The van der Waals surface area contributed by atoms with Gasteiger partial charge >= 0.3 is 6.18 Å². The van der Waals surface area contributed by atoms with Crippen molar-refractivity contribution in [2.75, 3.05) is 18.1 Å². The molecule has 240 valence electrons. The fourth-order valence-electron chi connectivity index (χ4n) is 7.38. The number of aryl methyl sites for hydroxylation is 1. The second-order valence-electron chi connectivity index (χ2n) is 12.5. The van der Waals surface area contributed by atoms with Crippen LogP contribution in [0.2, 0.25) is 5.02 Å². The summed E-state index contributed by atoms with van der Waals surface area (Å²) in [5, 5.41) is 14.7. The van der Waals surface area contributed by atoms with Crippen LogP contribution in [0.15, 0.2) is 36.7 Å². The van der Waals surface area contributed by atoms with Gasteiger partial charge in [-0.3, -0.25) is 19.5 Å². The Bertz CT molecular complexity index is 1910. The van der Waals surface area contributed by atoms with Gasteiger partial charge < -0.3 is 15.6 Å². The van der Waals surface area contributed by atoms with Gasteiger partial charge in [0.05, 0.1) is 40.4 Å². The maximum absolute atomic E-state index is 14.6. The van der Waals surface area contributed by atoms with Gasteiger partial charge in [0.25, 0.3) is 11.8 Å². The Kier molecular flexibility index (Phi) is 7.01. The van der Waals surface area contributed by atoms with Gasteiger partial charge in [-0.05, 0) is 60.3 Å². The van der Waals surface area contributed by atoms with Crippen LogP contribution in [0.1, 0.15) is 47.4 Å². The number of aliphatic hydroxyl groups is 1. The lowest BCUT2D eigenvalue weighted by molar-refractivity contribution is -0.230. The van der Waals surface area contributed by atoms with Gasteiger partial charge in [-0.25, -0.2) is 14.1 Å². The predicted octanol–water partition coefficient (Wildman–Crippen LogP) is 4.97. The molecule has 0 spiro atoms. The van der Waals surface area contributed by atoms with E-state index in [0.717, 1.165) is 25.3 Å². The largest absolute Gasteiger partial charge is 0.482 e. The number of hydrogen-bond acceptors (Lipinski definition) is 7. The molecular weight excluding hydrogens is 632 g/mol. The number of carbonyl (C=O) groups excluding carboxylic acids is 2. The first-order valence-corrected chi connectivity index (χ1v) is 14.9. The van der Waals surface area contributed by atoms with E-state index in [9.17, 15) is 32.3 Å². The Morgan fingerprint density at radius 3 is 2.57 bits per heavy atom. The van der Waals surface area contributed by atoms with Crippen molar-refractivity contribution in [3.8, 4) is 16.9 Å². The number of anilines is 1. The molecule has 3 aromatic heterocycles. The molecule has 10 nitrogen and oxygen atoms in total. The van der Waals surface area contributed by atoms with Crippen LogP contribution in [0.25, 0.3) is 22.2 Å². The molecule has 0 radical (unpaired) electrons. The van der Waals surface area contributed by atoms with Crippen LogP contribution in [-0.2, 0) is 24.3 Å². The Morgan fingerprint density at radius 2 is 1.89 bits per heavy atom. The lowest BCUT2D eigenvalue weighted by atomic mass is 9.35. The second-order valence-corrected chi connectivity index (χ2v) is 13.0. The van der Waals surface area contributed by atoms with Gasteiger partial charge in [0.1, 0.15) is 11.6 Å². The summed E-state index contributed by atoms with van der Waals surface area (Å²) in [5.74, 6) is -1.88. The summed E-state index contributed by atoms with van der Waals surface area (Å²) in [6.45, 7) is -0.0162. The number of nitrogens with two attached hydrogens (primary N) is 1.